The average molecular weight is 398 g/mol. The monoisotopic (exact) mass is 398 g/mol. The number of benzene rings is 3. The normalized spacial score (nSPS) is 11.4. The first-order valence-electron chi connectivity index (χ1n) is 9.83. The number of hydrogen-bond donors (Lipinski definition) is 1. The van der Waals surface area contributed by atoms with Crippen LogP contribution in [-0.2, 0) is 6.54 Å². The molecule has 3 aromatic rings. The second-order valence-corrected chi connectivity index (χ2v) is 6.83. The van der Waals surface area contributed by atoms with E-state index in [9.17, 15) is 4.79 Å². The van der Waals surface area contributed by atoms with Crippen LogP contribution >= 0.6 is 0 Å². The van der Waals surface area contributed by atoms with Crippen molar-refractivity contribution in [3.63, 3.8) is 0 Å². The highest BCUT2D eigenvalue weighted by atomic mass is 16.7. The SMILES string of the molecule is CCN(Cc1ccc2c(c1)OCO2)C(=O)Nc1cccc(C#Cc2ccccc2)c1. The minimum atomic E-state index is -0.164. The maximum Gasteiger partial charge on any atom is 0.322 e. The number of urea groups is 1. The summed E-state index contributed by atoms with van der Waals surface area (Å²) in [4.78, 5) is 14.5. The van der Waals surface area contributed by atoms with Gasteiger partial charge >= 0.3 is 6.03 Å². The molecule has 0 bridgehead atoms. The van der Waals surface area contributed by atoms with E-state index in [0.717, 1.165) is 22.4 Å². The summed E-state index contributed by atoms with van der Waals surface area (Å²) in [5.41, 5.74) is 3.49. The van der Waals surface area contributed by atoms with Crippen molar-refractivity contribution >= 4 is 11.7 Å². The van der Waals surface area contributed by atoms with Crippen LogP contribution < -0.4 is 14.8 Å². The molecule has 0 radical (unpaired) electrons. The molecule has 5 heteroatoms. The van der Waals surface area contributed by atoms with E-state index in [1.165, 1.54) is 0 Å². The summed E-state index contributed by atoms with van der Waals surface area (Å²) in [5, 5.41) is 2.97. The molecule has 0 atom stereocenters. The number of nitrogens with zero attached hydrogens (tertiary/aromatic N) is 1. The van der Waals surface area contributed by atoms with Crippen molar-refractivity contribution in [3.05, 3.63) is 89.5 Å². The molecule has 1 heterocycles. The zero-order chi connectivity index (χ0) is 20.8. The maximum atomic E-state index is 12.8. The standard InChI is InChI=1S/C25H22N2O3/c1-2-27(17-21-13-14-23-24(16-21)30-18-29-23)25(28)26-22-10-6-9-20(15-22)12-11-19-7-4-3-5-8-19/h3-10,13-16H,2,17-18H2,1H3,(H,26,28). The quantitative estimate of drug-likeness (QED) is 0.638. The van der Waals surface area contributed by atoms with Crippen LogP contribution in [0.3, 0.4) is 0 Å². The maximum absolute atomic E-state index is 12.8. The Morgan fingerprint density at radius 2 is 1.70 bits per heavy atom. The zero-order valence-electron chi connectivity index (χ0n) is 16.7. The van der Waals surface area contributed by atoms with Crippen LogP contribution in [0.25, 0.3) is 0 Å². The van der Waals surface area contributed by atoms with Gasteiger partial charge in [0.15, 0.2) is 11.5 Å². The Morgan fingerprint density at radius 1 is 0.933 bits per heavy atom. The Kier molecular flexibility index (Phi) is 5.86. The molecule has 3 aromatic carbocycles. The van der Waals surface area contributed by atoms with Gasteiger partial charge in [0, 0.05) is 29.9 Å². The van der Waals surface area contributed by atoms with Crippen molar-refractivity contribution in [3.8, 4) is 23.3 Å². The van der Waals surface area contributed by atoms with Crippen molar-refractivity contribution in [2.75, 3.05) is 18.7 Å². The Balaban J connectivity index is 1.43. The molecular formula is C25H22N2O3. The molecule has 150 valence electrons. The second-order valence-electron chi connectivity index (χ2n) is 6.83. The molecule has 4 rings (SSSR count). The smallest absolute Gasteiger partial charge is 0.322 e. The van der Waals surface area contributed by atoms with Gasteiger partial charge in [0.25, 0.3) is 0 Å². The van der Waals surface area contributed by atoms with Crippen LogP contribution in [0.5, 0.6) is 11.5 Å². The lowest BCUT2D eigenvalue weighted by molar-refractivity contribution is 0.174. The van der Waals surface area contributed by atoms with E-state index < -0.39 is 0 Å². The highest BCUT2D eigenvalue weighted by Crippen LogP contribution is 2.32. The Labute approximate surface area is 176 Å². The summed E-state index contributed by atoms with van der Waals surface area (Å²) in [6.45, 7) is 3.24. The van der Waals surface area contributed by atoms with Crippen LogP contribution in [0, 0.1) is 11.8 Å². The van der Waals surface area contributed by atoms with Crippen LogP contribution in [0.1, 0.15) is 23.6 Å². The number of fused-ring (bicyclic) bond motifs is 1. The fourth-order valence-corrected chi connectivity index (χ4v) is 3.13. The van der Waals surface area contributed by atoms with Crippen molar-refractivity contribution in [1.82, 2.24) is 4.90 Å². The first-order valence-corrected chi connectivity index (χ1v) is 9.83. The number of nitrogens with one attached hydrogen (secondary N) is 1. The van der Waals surface area contributed by atoms with Crippen LogP contribution in [-0.4, -0.2) is 24.3 Å². The third-order valence-corrected chi connectivity index (χ3v) is 4.72. The fraction of sp³-hybridized carbons (Fsp3) is 0.160. The average Bonchev–Trinajstić information content (AvgIpc) is 3.25. The van der Waals surface area contributed by atoms with E-state index in [4.69, 9.17) is 9.47 Å². The van der Waals surface area contributed by atoms with Crippen molar-refractivity contribution in [2.45, 2.75) is 13.5 Å². The second kappa shape index (κ2) is 9.06. The number of anilines is 1. The number of carbonyl (C=O) groups is 1. The lowest BCUT2D eigenvalue weighted by atomic mass is 10.1. The van der Waals surface area contributed by atoms with Crippen molar-refractivity contribution < 1.29 is 14.3 Å². The largest absolute Gasteiger partial charge is 0.454 e. The number of rotatable bonds is 4. The van der Waals surface area contributed by atoms with Gasteiger partial charge in [-0.05, 0) is 55.0 Å². The fourth-order valence-electron chi connectivity index (χ4n) is 3.13. The van der Waals surface area contributed by atoms with Gasteiger partial charge in [-0.1, -0.05) is 42.2 Å². The van der Waals surface area contributed by atoms with Gasteiger partial charge in [0.1, 0.15) is 0 Å². The van der Waals surface area contributed by atoms with Gasteiger partial charge in [-0.3, -0.25) is 0 Å². The topological polar surface area (TPSA) is 50.8 Å². The molecule has 0 unspecified atom stereocenters. The first kappa shape index (κ1) is 19.4. The van der Waals surface area contributed by atoms with Gasteiger partial charge in [0.2, 0.25) is 6.79 Å². The predicted molar refractivity (Wildman–Crippen MR) is 117 cm³/mol. The highest BCUT2D eigenvalue weighted by molar-refractivity contribution is 5.89. The number of carbonyl (C=O) groups excluding carboxylic acids is 1. The lowest BCUT2D eigenvalue weighted by Gasteiger charge is -2.21. The minimum Gasteiger partial charge on any atom is -0.454 e. The molecule has 0 aliphatic carbocycles. The molecule has 0 spiro atoms. The molecule has 1 N–H and O–H groups in total. The Bertz CT molecular complexity index is 1100. The van der Waals surface area contributed by atoms with E-state index in [2.05, 4.69) is 17.2 Å². The van der Waals surface area contributed by atoms with E-state index >= 15 is 0 Å². The molecule has 0 saturated carbocycles. The molecule has 2 amide bonds. The Hall–Kier alpha value is -3.91. The summed E-state index contributed by atoms with van der Waals surface area (Å²) < 4.78 is 10.8. The first-order chi connectivity index (χ1) is 14.7. The minimum absolute atomic E-state index is 0.164. The van der Waals surface area contributed by atoms with Crippen molar-refractivity contribution in [1.29, 1.82) is 0 Å². The van der Waals surface area contributed by atoms with Crippen molar-refractivity contribution in [2.24, 2.45) is 0 Å². The number of ether oxygens (including phenoxy) is 2. The molecule has 0 saturated heterocycles. The molecular weight excluding hydrogens is 376 g/mol. The Morgan fingerprint density at radius 3 is 2.53 bits per heavy atom. The number of amides is 2. The molecule has 0 fully saturated rings. The summed E-state index contributed by atoms with van der Waals surface area (Å²) >= 11 is 0. The van der Waals surface area contributed by atoms with E-state index in [0.29, 0.717) is 24.5 Å². The van der Waals surface area contributed by atoms with Gasteiger partial charge in [0.05, 0.1) is 0 Å². The third kappa shape index (κ3) is 4.73. The van der Waals surface area contributed by atoms with Gasteiger partial charge in [-0.15, -0.1) is 0 Å². The zero-order valence-corrected chi connectivity index (χ0v) is 16.7. The van der Waals surface area contributed by atoms with Gasteiger partial charge in [-0.25, -0.2) is 4.79 Å². The summed E-state index contributed by atoms with van der Waals surface area (Å²) in [5.74, 6) is 7.73. The van der Waals surface area contributed by atoms with Crippen LogP contribution in [0.4, 0.5) is 10.5 Å². The molecule has 0 aromatic heterocycles. The van der Waals surface area contributed by atoms with Gasteiger partial charge < -0.3 is 19.7 Å². The van der Waals surface area contributed by atoms with Crippen LogP contribution in [0.15, 0.2) is 72.8 Å². The number of hydrogen-bond acceptors (Lipinski definition) is 3. The van der Waals surface area contributed by atoms with E-state index in [1.54, 1.807) is 4.90 Å². The summed E-state index contributed by atoms with van der Waals surface area (Å²) in [6.07, 6.45) is 0. The highest BCUT2D eigenvalue weighted by Gasteiger charge is 2.16. The molecule has 5 nitrogen and oxygen atoms in total. The third-order valence-electron chi connectivity index (χ3n) is 4.72. The molecule has 1 aliphatic rings. The van der Waals surface area contributed by atoms with Crippen LogP contribution in [0.2, 0.25) is 0 Å². The summed E-state index contributed by atoms with van der Waals surface area (Å²) in [6, 6.07) is 22.9. The molecule has 1 aliphatic heterocycles. The lowest BCUT2D eigenvalue weighted by Crippen LogP contribution is -2.34. The van der Waals surface area contributed by atoms with E-state index in [1.807, 2.05) is 79.7 Å². The predicted octanol–water partition coefficient (Wildman–Crippen LogP) is 4.87. The summed E-state index contributed by atoms with van der Waals surface area (Å²) in [7, 11) is 0. The molecule has 30 heavy (non-hydrogen) atoms. The van der Waals surface area contributed by atoms with Gasteiger partial charge in [-0.2, -0.15) is 0 Å². The van der Waals surface area contributed by atoms with E-state index in [-0.39, 0.29) is 12.8 Å².